The molecule has 1 saturated heterocycles. The SMILES string of the molecule is CCNC(=NCc1cccc(C#N)c1)N1CCC(c2ccccc2)C1. The van der Waals surface area contributed by atoms with Gasteiger partial charge < -0.3 is 10.2 Å². The Kier molecular flexibility index (Phi) is 5.69. The van der Waals surface area contributed by atoms with Gasteiger partial charge >= 0.3 is 0 Å². The Morgan fingerprint density at radius 1 is 1.24 bits per heavy atom. The molecule has 0 aromatic heterocycles. The van der Waals surface area contributed by atoms with Crippen molar-refractivity contribution < 1.29 is 0 Å². The molecule has 1 N–H and O–H groups in total. The molecule has 2 aromatic carbocycles. The van der Waals surface area contributed by atoms with Crippen LogP contribution in [0.15, 0.2) is 59.6 Å². The van der Waals surface area contributed by atoms with Crippen molar-refractivity contribution in [2.75, 3.05) is 19.6 Å². The second-order valence-corrected chi connectivity index (χ2v) is 6.32. The molecule has 0 bridgehead atoms. The highest BCUT2D eigenvalue weighted by Gasteiger charge is 2.25. The first-order chi connectivity index (χ1) is 12.3. The smallest absolute Gasteiger partial charge is 0.194 e. The van der Waals surface area contributed by atoms with Crippen molar-refractivity contribution in [3.05, 3.63) is 71.3 Å². The zero-order valence-corrected chi connectivity index (χ0v) is 14.7. The maximum atomic E-state index is 9.03. The normalized spacial score (nSPS) is 17.4. The van der Waals surface area contributed by atoms with E-state index in [1.165, 1.54) is 5.56 Å². The molecule has 2 aromatic rings. The quantitative estimate of drug-likeness (QED) is 0.688. The molecule has 4 nitrogen and oxygen atoms in total. The van der Waals surface area contributed by atoms with Crippen LogP contribution in [0.5, 0.6) is 0 Å². The zero-order chi connectivity index (χ0) is 17.5. The molecule has 128 valence electrons. The second-order valence-electron chi connectivity index (χ2n) is 6.32. The average molecular weight is 332 g/mol. The van der Waals surface area contributed by atoms with E-state index in [2.05, 4.69) is 53.5 Å². The summed E-state index contributed by atoms with van der Waals surface area (Å²) < 4.78 is 0. The van der Waals surface area contributed by atoms with Crippen LogP contribution in [0.3, 0.4) is 0 Å². The van der Waals surface area contributed by atoms with Crippen molar-refractivity contribution in [1.29, 1.82) is 5.26 Å². The van der Waals surface area contributed by atoms with Gasteiger partial charge in [0.25, 0.3) is 0 Å². The van der Waals surface area contributed by atoms with E-state index in [-0.39, 0.29) is 0 Å². The Labute approximate surface area is 149 Å². The minimum atomic E-state index is 0.562. The molecule has 1 unspecified atom stereocenters. The number of hydrogen-bond acceptors (Lipinski definition) is 2. The van der Waals surface area contributed by atoms with Crippen molar-refractivity contribution >= 4 is 5.96 Å². The number of nitrogens with one attached hydrogen (secondary N) is 1. The second kappa shape index (κ2) is 8.34. The van der Waals surface area contributed by atoms with E-state index < -0.39 is 0 Å². The largest absolute Gasteiger partial charge is 0.357 e. The Morgan fingerprint density at radius 2 is 2.08 bits per heavy atom. The molecule has 0 spiro atoms. The molecule has 0 aliphatic carbocycles. The number of hydrogen-bond donors (Lipinski definition) is 1. The number of likely N-dealkylation sites (tertiary alicyclic amines) is 1. The summed E-state index contributed by atoms with van der Waals surface area (Å²) in [5.74, 6) is 1.52. The van der Waals surface area contributed by atoms with Crippen molar-refractivity contribution in [2.45, 2.75) is 25.8 Å². The standard InChI is InChI=1S/C21H24N4/c1-2-23-21(24-15-18-8-6-7-17(13-18)14-22)25-12-11-20(16-25)19-9-4-3-5-10-19/h3-10,13,20H,2,11-12,15-16H2,1H3,(H,23,24). The van der Waals surface area contributed by atoms with Crippen LogP contribution in [-0.2, 0) is 6.54 Å². The zero-order valence-electron chi connectivity index (χ0n) is 14.7. The predicted octanol–water partition coefficient (Wildman–Crippen LogP) is 3.51. The van der Waals surface area contributed by atoms with Gasteiger partial charge in [0.15, 0.2) is 5.96 Å². The van der Waals surface area contributed by atoms with E-state index in [1.807, 2.05) is 24.3 Å². The lowest BCUT2D eigenvalue weighted by molar-refractivity contribution is 0.486. The predicted molar refractivity (Wildman–Crippen MR) is 101 cm³/mol. The van der Waals surface area contributed by atoms with Gasteiger partial charge in [-0.3, -0.25) is 0 Å². The van der Waals surface area contributed by atoms with Crippen LogP contribution in [0.25, 0.3) is 0 Å². The molecule has 0 amide bonds. The molecular weight excluding hydrogens is 308 g/mol. The minimum absolute atomic E-state index is 0.562. The van der Waals surface area contributed by atoms with E-state index >= 15 is 0 Å². The molecular formula is C21H24N4. The first kappa shape index (κ1) is 17.0. The molecule has 1 aliphatic rings. The van der Waals surface area contributed by atoms with Crippen LogP contribution in [0.2, 0.25) is 0 Å². The fourth-order valence-corrected chi connectivity index (χ4v) is 3.28. The van der Waals surface area contributed by atoms with Crippen molar-refractivity contribution in [2.24, 2.45) is 4.99 Å². The third-order valence-electron chi connectivity index (χ3n) is 4.56. The van der Waals surface area contributed by atoms with Crippen LogP contribution in [0, 0.1) is 11.3 Å². The summed E-state index contributed by atoms with van der Waals surface area (Å²) >= 11 is 0. The Balaban J connectivity index is 1.69. The van der Waals surface area contributed by atoms with E-state index in [4.69, 9.17) is 10.3 Å². The average Bonchev–Trinajstić information content (AvgIpc) is 3.16. The minimum Gasteiger partial charge on any atom is -0.357 e. The summed E-state index contributed by atoms with van der Waals surface area (Å²) in [6.07, 6.45) is 1.15. The lowest BCUT2D eigenvalue weighted by Gasteiger charge is -2.21. The maximum Gasteiger partial charge on any atom is 0.194 e. The van der Waals surface area contributed by atoms with Crippen LogP contribution in [0.4, 0.5) is 0 Å². The third-order valence-corrected chi connectivity index (χ3v) is 4.56. The number of nitriles is 1. The lowest BCUT2D eigenvalue weighted by atomic mass is 9.99. The van der Waals surface area contributed by atoms with Gasteiger partial charge in [0.05, 0.1) is 18.2 Å². The molecule has 3 rings (SSSR count). The highest BCUT2D eigenvalue weighted by atomic mass is 15.3. The molecule has 4 heteroatoms. The van der Waals surface area contributed by atoms with Crippen molar-refractivity contribution in [3.8, 4) is 6.07 Å². The molecule has 25 heavy (non-hydrogen) atoms. The number of aliphatic imine (C=N–C) groups is 1. The van der Waals surface area contributed by atoms with Gasteiger partial charge in [0, 0.05) is 25.6 Å². The van der Waals surface area contributed by atoms with E-state index in [0.29, 0.717) is 18.0 Å². The van der Waals surface area contributed by atoms with Crippen LogP contribution in [0.1, 0.15) is 36.0 Å². The number of benzene rings is 2. The van der Waals surface area contributed by atoms with Gasteiger partial charge in [-0.05, 0) is 36.6 Å². The highest BCUT2D eigenvalue weighted by Crippen LogP contribution is 2.26. The monoisotopic (exact) mass is 332 g/mol. The van der Waals surface area contributed by atoms with Gasteiger partial charge in [-0.15, -0.1) is 0 Å². The van der Waals surface area contributed by atoms with Gasteiger partial charge in [-0.2, -0.15) is 5.26 Å². The number of rotatable bonds is 4. The number of guanidine groups is 1. The van der Waals surface area contributed by atoms with Crippen LogP contribution < -0.4 is 5.32 Å². The summed E-state index contributed by atoms with van der Waals surface area (Å²) in [5.41, 5.74) is 3.15. The van der Waals surface area contributed by atoms with Crippen LogP contribution >= 0.6 is 0 Å². The fourth-order valence-electron chi connectivity index (χ4n) is 3.28. The van der Waals surface area contributed by atoms with Gasteiger partial charge in [0.1, 0.15) is 0 Å². The van der Waals surface area contributed by atoms with Gasteiger partial charge in [-0.25, -0.2) is 4.99 Å². The summed E-state index contributed by atoms with van der Waals surface area (Å²) in [6, 6.07) is 20.6. The Bertz CT molecular complexity index is 761. The molecule has 1 fully saturated rings. The third kappa shape index (κ3) is 4.39. The van der Waals surface area contributed by atoms with Gasteiger partial charge in [0.2, 0.25) is 0 Å². The van der Waals surface area contributed by atoms with Crippen LogP contribution in [-0.4, -0.2) is 30.5 Å². The first-order valence-electron chi connectivity index (χ1n) is 8.87. The molecule has 1 aliphatic heterocycles. The number of nitrogens with zero attached hydrogens (tertiary/aromatic N) is 3. The Morgan fingerprint density at radius 3 is 2.84 bits per heavy atom. The van der Waals surface area contributed by atoms with Crippen molar-refractivity contribution in [1.82, 2.24) is 10.2 Å². The Hall–Kier alpha value is -2.80. The van der Waals surface area contributed by atoms with E-state index in [1.54, 1.807) is 0 Å². The highest BCUT2D eigenvalue weighted by molar-refractivity contribution is 5.80. The molecule has 1 heterocycles. The topological polar surface area (TPSA) is 51.4 Å². The molecule has 1 atom stereocenters. The summed E-state index contributed by atoms with van der Waals surface area (Å²) in [7, 11) is 0. The first-order valence-corrected chi connectivity index (χ1v) is 8.87. The van der Waals surface area contributed by atoms with E-state index in [9.17, 15) is 0 Å². The lowest BCUT2D eigenvalue weighted by Crippen LogP contribution is -2.40. The van der Waals surface area contributed by atoms with Crippen molar-refractivity contribution in [3.63, 3.8) is 0 Å². The fraction of sp³-hybridized carbons (Fsp3) is 0.333. The molecule has 0 saturated carbocycles. The van der Waals surface area contributed by atoms with E-state index in [0.717, 1.165) is 37.6 Å². The summed E-state index contributed by atoms with van der Waals surface area (Å²) in [5, 5.41) is 12.4. The maximum absolute atomic E-state index is 9.03. The summed E-state index contributed by atoms with van der Waals surface area (Å²) in [6.45, 7) is 5.54. The summed E-state index contributed by atoms with van der Waals surface area (Å²) in [4.78, 5) is 7.13. The van der Waals surface area contributed by atoms with Gasteiger partial charge in [-0.1, -0.05) is 42.5 Å². The molecule has 0 radical (unpaired) electrons.